The number of aromatic nitrogens is 1. The molecule has 1 rings (SSSR count). The van der Waals surface area contributed by atoms with Crippen LogP contribution in [0, 0.1) is 6.92 Å². The number of nitrogens with zero attached hydrogens (tertiary/aromatic N) is 1. The van der Waals surface area contributed by atoms with Gasteiger partial charge in [0.1, 0.15) is 5.69 Å². The van der Waals surface area contributed by atoms with E-state index in [0.29, 0.717) is 0 Å². The van der Waals surface area contributed by atoms with Gasteiger partial charge in [-0.15, -0.1) is 0 Å². The van der Waals surface area contributed by atoms with E-state index in [9.17, 15) is 18.0 Å². The van der Waals surface area contributed by atoms with Crippen LogP contribution in [0.15, 0.2) is 12.1 Å². The van der Waals surface area contributed by atoms with Gasteiger partial charge in [-0.2, -0.15) is 13.2 Å². The first-order valence-corrected chi connectivity index (χ1v) is 6.15. The minimum atomic E-state index is -4.49. The molecule has 0 saturated heterocycles. The number of carbonyl (C=O) groups excluding carboxylic acids is 1. The second kappa shape index (κ2) is 6.04. The molecule has 0 bridgehead atoms. The van der Waals surface area contributed by atoms with Crippen molar-refractivity contribution in [1.29, 1.82) is 0 Å². The summed E-state index contributed by atoms with van der Waals surface area (Å²) in [6.45, 7) is 5.27. The van der Waals surface area contributed by atoms with E-state index < -0.39 is 11.9 Å². The molecular weight excluding hydrogens is 257 g/mol. The summed E-state index contributed by atoms with van der Waals surface area (Å²) in [6.07, 6.45) is -2.94. The number of nitrogens with one attached hydrogen (secondary N) is 1. The van der Waals surface area contributed by atoms with E-state index in [0.717, 1.165) is 18.9 Å². The Morgan fingerprint density at radius 2 is 1.89 bits per heavy atom. The normalized spacial score (nSPS) is 11.7. The van der Waals surface area contributed by atoms with Gasteiger partial charge in [0.25, 0.3) is 5.91 Å². The molecule has 0 aromatic carbocycles. The molecule has 1 heterocycles. The molecule has 106 valence electrons. The van der Waals surface area contributed by atoms with Crippen molar-refractivity contribution in [1.82, 2.24) is 10.3 Å². The zero-order valence-electron chi connectivity index (χ0n) is 11.1. The second-order valence-electron chi connectivity index (χ2n) is 4.31. The molecular formula is C13H17F3N2O. The van der Waals surface area contributed by atoms with Gasteiger partial charge in [-0.05, 0) is 31.9 Å². The highest BCUT2D eigenvalue weighted by Gasteiger charge is 2.33. The van der Waals surface area contributed by atoms with Crippen LogP contribution in [0.4, 0.5) is 13.2 Å². The summed E-state index contributed by atoms with van der Waals surface area (Å²) < 4.78 is 37.4. The van der Waals surface area contributed by atoms with E-state index in [1.165, 1.54) is 13.0 Å². The molecule has 0 aliphatic heterocycles. The number of halogens is 3. The van der Waals surface area contributed by atoms with E-state index >= 15 is 0 Å². The summed E-state index contributed by atoms with van der Waals surface area (Å²) in [5.41, 5.74) is -0.720. The maximum Gasteiger partial charge on any atom is 0.433 e. The maximum absolute atomic E-state index is 12.5. The van der Waals surface area contributed by atoms with Gasteiger partial charge in [0.2, 0.25) is 0 Å². The van der Waals surface area contributed by atoms with Gasteiger partial charge >= 0.3 is 6.18 Å². The third-order valence-electron chi connectivity index (χ3n) is 2.94. The lowest BCUT2D eigenvalue weighted by molar-refractivity contribution is -0.141. The van der Waals surface area contributed by atoms with E-state index in [1.54, 1.807) is 0 Å². The number of hydrogen-bond acceptors (Lipinski definition) is 2. The Labute approximate surface area is 110 Å². The molecule has 0 unspecified atom stereocenters. The van der Waals surface area contributed by atoms with Crippen molar-refractivity contribution >= 4 is 5.91 Å². The number of aryl methyl sites for hydroxylation is 1. The first-order valence-electron chi connectivity index (χ1n) is 6.15. The molecule has 0 aliphatic carbocycles. The van der Waals surface area contributed by atoms with Gasteiger partial charge in [-0.3, -0.25) is 4.79 Å². The number of amides is 1. The molecule has 0 radical (unpaired) electrons. The Morgan fingerprint density at radius 3 is 2.32 bits per heavy atom. The summed E-state index contributed by atoms with van der Waals surface area (Å²) in [6, 6.07) is 2.02. The smallest absolute Gasteiger partial charge is 0.349 e. The quantitative estimate of drug-likeness (QED) is 0.915. The first kappa shape index (κ1) is 15.5. The predicted octanol–water partition coefficient (Wildman–Crippen LogP) is 3.33. The van der Waals surface area contributed by atoms with E-state index in [2.05, 4.69) is 10.3 Å². The molecule has 6 heteroatoms. The average molecular weight is 274 g/mol. The predicted molar refractivity (Wildman–Crippen MR) is 65.8 cm³/mol. The summed E-state index contributed by atoms with van der Waals surface area (Å²) in [5, 5.41) is 2.77. The minimum absolute atomic E-state index is 0.0224. The van der Waals surface area contributed by atoms with Gasteiger partial charge in [-0.25, -0.2) is 4.98 Å². The molecule has 1 aromatic heterocycles. The van der Waals surface area contributed by atoms with Crippen LogP contribution >= 0.6 is 0 Å². The zero-order chi connectivity index (χ0) is 14.6. The monoisotopic (exact) mass is 274 g/mol. The minimum Gasteiger partial charge on any atom is -0.349 e. The highest BCUT2D eigenvalue weighted by molar-refractivity contribution is 5.95. The number of alkyl halides is 3. The SMILES string of the molecule is CCC(CC)NC(=O)c1ccc(C(F)(F)F)nc1C. The zero-order valence-corrected chi connectivity index (χ0v) is 11.1. The molecule has 0 aliphatic rings. The Bertz CT molecular complexity index is 454. The summed E-state index contributed by atoms with van der Waals surface area (Å²) >= 11 is 0. The van der Waals surface area contributed by atoms with Gasteiger partial charge in [0, 0.05) is 6.04 Å². The van der Waals surface area contributed by atoms with Crippen LogP contribution in [-0.4, -0.2) is 16.9 Å². The molecule has 0 atom stereocenters. The molecule has 0 saturated carbocycles. The van der Waals surface area contributed by atoms with Crippen molar-refractivity contribution < 1.29 is 18.0 Å². The molecule has 19 heavy (non-hydrogen) atoms. The fraction of sp³-hybridized carbons (Fsp3) is 0.538. The lowest BCUT2D eigenvalue weighted by Gasteiger charge is -2.16. The van der Waals surface area contributed by atoms with Crippen LogP contribution in [0.3, 0.4) is 0 Å². The van der Waals surface area contributed by atoms with Crippen molar-refractivity contribution in [2.24, 2.45) is 0 Å². The maximum atomic E-state index is 12.5. The van der Waals surface area contributed by atoms with Gasteiger partial charge in [0.15, 0.2) is 0 Å². The van der Waals surface area contributed by atoms with Crippen molar-refractivity contribution in [3.63, 3.8) is 0 Å². The summed E-state index contributed by atoms with van der Waals surface area (Å²) in [4.78, 5) is 15.4. The Balaban J connectivity index is 2.94. The van der Waals surface area contributed by atoms with Crippen molar-refractivity contribution in [3.8, 4) is 0 Å². The molecule has 1 amide bonds. The first-order chi connectivity index (χ1) is 8.79. The average Bonchev–Trinajstić information content (AvgIpc) is 2.34. The largest absolute Gasteiger partial charge is 0.433 e. The van der Waals surface area contributed by atoms with Crippen LogP contribution in [0.1, 0.15) is 48.4 Å². The third-order valence-corrected chi connectivity index (χ3v) is 2.94. The van der Waals surface area contributed by atoms with Crippen molar-refractivity contribution in [3.05, 3.63) is 29.1 Å². The molecule has 0 fully saturated rings. The highest BCUT2D eigenvalue weighted by atomic mass is 19.4. The van der Waals surface area contributed by atoms with Crippen molar-refractivity contribution in [2.45, 2.75) is 45.8 Å². The van der Waals surface area contributed by atoms with Crippen LogP contribution in [-0.2, 0) is 6.18 Å². The highest BCUT2D eigenvalue weighted by Crippen LogP contribution is 2.28. The molecule has 1 N–H and O–H groups in total. The van der Waals surface area contributed by atoms with Crippen LogP contribution in [0.2, 0.25) is 0 Å². The fourth-order valence-electron chi connectivity index (χ4n) is 1.71. The fourth-order valence-corrected chi connectivity index (χ4v) is 1.71. The van der Waals surface area contributed by atoms with E-state index in [1.807, 2.05) is 13.8 Å². The summed E-state index contributed by atoms with van der Waals surface area (Å²) in [5.74, 6) is -0.382. The number of hydrogen-bond donors (Lipinski definition) is 1. The Hall–Kier alpha value is -1.59. The molecule has 1 aromatic rings. The molecule has 3 nitrogen and oxygen atoms in total. The summed E-state index contributed by atoms with van der Waals surface area (Å²) in [7, 11) is 0. The number of pyridine rings is 1. The standard InChI is InChI=1S/C13H17F3N2O/c1-4-9(5-2)18-12(19)10-6-7-11(13(14,15)16)17-8(10)3/h6-7,9H,4-5H2,1-3H3,(H,18,19). The van der Waals surface area contributed by atoms with Gasteiger partial charge < -0.3 is 5.32 Å². The second-order valence-corrected chi connectivity index (χ2v) is 4.31. The van der Waals surface area contributed by atoms with Gasteiger partial charge in [0.05, 0.1) is 11.3 Å². The third kappa shape index (κ3) is 3.94. The Morgan fingerprint density at radius 1 is 1.32 bits per heavy atom. The van der Waals surface area contributed by atoms with Crippen LogP contribution in [0.25, 0.3) is 0 Å². The number of carbonyl (C=O) groups is 1. The van der Waals surface area contributed by atoms with E-state index in [4.69, 9.17) is 0 Å². The van der Waals surface area contributed by atoms with E-state index in [-0.39, 0.29) is 23.2 Å². The van der Waals surface area contributed by atoms with Crippen molar-refractivity contribution in [2.75, 3.05) is 0 Å². The number of rotatable bonds is 4. The Kier molecular flexibility index (Phi) is 4.91. The lowest BCUT2D eigenvalue weighted by Crippen LogP contribution is -2.34. The van der Waals surface area contributed by atoms with Crippen LogP contribution in [0.5, 0.6) is 0 Å². The van der Waals surface area contributed by atoms with Crippen LogP contribution < -0.4 is 5.32 Å². The topological polar surface area (TPSA) is 42.0 Å². The van der Waals surface area contributed by atoms with Gasteiger partial charge in [-0.1, -0.05) is 13.8 Å². The molecule has 0 spiro atoms. The lowest BCUT2D eigenvalue weighted by atomic mass is 10.1.